The number of benzene rings is 2. The number of carbonyl (C=O) groups is 1. The molecule has 1 saturated heterocycles. The van der Waals surface area contributed by atoms with Crippen LogP contribution >= 0.6 is 0 Å². The van der Waals surface area contributed by atoms with Crippen molar-refractivity contribution in [2.75, 3.05) is 26.3 Å². The van der Waals surface area contributed by atoms with Crippen LogP contribution in [0.2, 0.25) is 0 Å². The van der Waals surface area contributed by atoms with Crippen molar-refractivity contribution >= 4 is 15.9 Å². The number of hydrogen-bond donors (Lipinski definition) is 1. The fourth-order valence-electron chi connectivity index (χ4n) is 4.23. The van der Waals surface area contributed by atoms with Crippen LogP contribution in [0, 0.1) is 13.8 Å². The van der Waals surface area contributed by atoms with Crippen LogP contribution in [-0.2, 0) is 26.1 Å². The van der Waals surface area contributed by atoms with Crippen LogP contribution in [0.1, 0.15) is 29.9 Å². The zero-order valence-electron chi connectivity index (χ0n) is 19.7. The summed E-state index contributed by atoms with van der Waals surface area (Å²) in [6, 6.07) is 18.0. The number of morpholine rings is 1. The van der Waals surface area contributed by atoms with Gasteiger partial charge < -0.3 is 10.1 Å². The molecule has 0 radical (unpaired) electrons. The second-order valence-corrected chi connectivity index (χ2v) is 10.3. The molecular formula is C25H30N4O4S. The quantitative estimate of drug-likeness (QED) is 0.559. The van der Waals surface area contributed by atoms with E-state index in [2.05, 4.69) is 22.5 Å². The van der Waals surface area contributed by atoms with E-state index >= 15 is 0 Å². The lowest BCUT2D eigenvalue weighted by Crippen LogP contribution is -2.41. The van der Waals surface area contributed by atoms with Gasteiger partial charge in [0, 0.05) is 13.1 Å². The number of hydrogen-bond acceptors (Lipinski definition) is 5. The Balaban J connectivity index is 1.43. The Morgan fingerprint density at radius 3 is 2.29 bits per heavy atom. The first-order chi connectivity index (χ1) is 16.3. The number of carbonyl (C=O) groups excluding carboxylic acids is 1. The maximum atomic E-state index is 13.1. The Kier molecular flexibility index (Phi) is 7.16. The van der Waals surface area contributed by atoms with Gasteiger partial charge in [-0.2, -0.15) is 9.40 Å². The third kappa shape index (κ3) is 5.06. The van der Waals surface area contributed by atoms with Gasteiger partial charge in [-0.3, -0.25) is 9.48 Å². The molecule has 0 unspecified atom stereocenters. The SMILES string of the molecule is Cc1nn(CC(=O)N[C@@H](C)c2ccc(-c3ccccc3)cc2)c(C)c1S(=O)(=O)N1CCOCC1. The van der Waals surface area contributed by atoms with Crippen molar-refractivity contribution in [2.45, 2.75) is 38.3 Å². The summed E-state index contributed by atoms with van der Waals surface area (Å²) in [5, 5.41) is 7.34. The highest BCUT2D eigenvalue weighted by Crippen LogP contribution is 2.25. The van der Waals surface area contributed by atoms with Gasteiger partial charge in [-0.25, -0.2) is 8.42 Å². The van der Waals surface area contributed by atoms with Crippen LogP contribution in [0.5, 0.6) is 0 Å². The van der Waals surface area contributed by atoms with E-state index in [1.807, 2.05) is 49.4 Å². The van der Waals surface area contributed by atoms with Crippen molar-refractivity contribution in [1.82, 2.24) is 19.4 Å². The van der Waals surface area contributed by atoms with Crippen LogP contribution < -0.4 is 5.32 Å². The van der Waals surface area contributed by atoms with Crippen LogP contribution in [0.4, 0.5) is 0 Å². The number of amides is 1. The Morgan fingerprint density at radius 1 is 1.03 bits per heavy atom. The summed E-state index contributed by atoms with van der Waals surface area (Å²) < 4.78 is 34.4. The van der Waals surface area contributed by atoms with E-state index in [0.717, 1.165) is 16.7 Å². The summed E-state index contributed by atoms with van der Waals surface area (Å²) in [5.74, 6) is -0.236. The van der Waals surface area contributed by atoms with Gasteiger partial charge in [0.25, 0.3) is 0 Å². The highest BCUT2D eigenvalue weighted by Gasteiger charge is 2.32. The number of rotatable bonds is 7. The van der Waals surface area contributed by atoms with Crippen LogP contribution in [0.15, 0.2) is 59.5 Å². The number of aromatic nitrogens is 2. The smallest absolute Gasteiger partial charge is 0.246 e. The predicted octanol–water partition coefficient (Wildman–Crippen LogP) is 3.07. The topological polar surface area (TPSA) is 93.5 Å². The molecule has 8 nitrogen and oxygen atoms in total. The Morgan fingerprint density at radius 2 is 1.65 bits per heavy atom. The molecule has 1 aromatic heterocycles. The van der Waals surface area contributed by atoms with Gasteiger partial charge in [-0.05, 0) is 37.5 Å². The van der Waals surface area contributed by atoms with Gasteiger partial charge in [0.05, 0.1) is 30.6 Å². The van der Waals surface area contributed by atoms with E-state index < -0.39 is 10.0 Å². The molecule has 3 aromatic rings. The summed E-state index contributed by atoms with van der Waals surface area (Å²) in [4.78, 5) is 12.9. The van der Waals surface area contributed by atoms with Crippen molar-refractivity contribution in [3.63, 3.8) is 0 Å². The molecular weight excluding hydrogens is 452 g/mol. The largest absolute Gasteiger partial charge is 0.379 e. The molecule has 0 aliphatic carbocycles. The molecule has 2 aromatic carbocycles. The first kappa shape index (κ1) is 24.1. The number of aryl methyl sites for hydroxylation is 1. The molecule has 1 fully saturated rings. The second-order valence-electron chi connectivity index (χ2n) is 8.45. The third-order valence-corrected chi connectivity index (χ3v) is 8.22. The average Bonchev–Trinajstić information content (AvgIpc) is 3.13. The van der Waals surface area contributed by atoms with Crippen molar-refractivity contribution in [3.05, 3.63) is 71.5 Å². The lowest BCUT2D eigenvalue weighted by atomic mass is 10.0. The Bertz CT molecular complexity index is 1250. The van der Waals surface area contributed by atoms with Gasteiger partial charge in [0.15, 0.2) is 0 Å². The molecule has 2 heterocycles. The van der Waals surface area contributed by atoms with Gasteiger partial charge in [0.1, 0.15) is 11.4 Å². The molecule has 9 heteroatoms. The average molecular weight is 483 g/mol. The monoisotopic (exact) mass is 482 g/mol. The molecule has 0 saturated carbocycles. The maximum absolute atomic E-state index is 13.1. The van der Waals surface area contributed by atoms with E-state index in [9.17, 15) is 13.2 Å². The van der Waals surface area contributed by atoms with Crippen molar-refractivity contribution in [1.29, 1.82) is 0 Å². The summed E-state index contributed by atoms with van der Waals surface area (Å²) in [6.45, 7) is 6.58. The Hall–Kier alpha value is -3.01. The molecule has 1 aliphatic rings. The lowest BCUT2D eigenvalue weighted by Gasteiger charge is -2.26. The normalized spacial score (nSPS) is 15.7. The second kappa shape index (κ2) is 10.1. The molecule has 4 rings (SSSR count). The van der Waals surface area contributed by atoms with E-state index in [-0.39, 0.29) is 23.4 Å². The fraction of sp³-hybridized carbons (Fsp3) is 0.360. The molecule has 34 heavy (non-hydrogen) atoms. The van der Waals surface area contributed by atoms with Crippen LogP contribution in [0.25, 0.3) is 11.1 Å². The maximum Gasteiger partial charge on any atom is 0.246 e. The zero-order chi connectivity index (χ0) is 24.3. The van der Waals surface area contributed by atoms with Gasteiger partial charge in [-0.1, -0.05) is 54.6 Å². The molecule has 1 N–H and O–H groups in total. The van der Waals surface area contributed by atoms with E-state index in [1.165, 1.54) is 8.99 Å². The van der Waals surface area contributed by atoms with Crippen LogP contribution in [-0.4, -0.2) is 54.7 Å². The molecule has 0 spiro atoms. The van der Waals surface area contributed by atoms with Crippen molar-refractivity contribution < 1.29 is 17.9 Å². The number of nitrogens with one attached hydrogen (secondary N) is 1. The number of nitrogens with zero attached hydrogens (tertiary/aromatic N) is 3. The van der Waals surface area contributed by atoms with Crippen molar-refractivity contribution in [2.24, 2.45) is 0 Å². The highest BCUT2D eigenvalue weighted by molar-refractivity contribution is 7.89. The summed E-state index contributed by atoms with van der Waals surface area (Å²) >= 11 is 0. The van der Waals surface area contributed by atoms with Gasteiger partial charge in [-0.15, -0.1) is 0 Å². The van der Waals surface area contributed by atoms with E-state index in [1.54, 1.807) is 13.8 Å². The Labute approximate surface area is 200 Å². The van der Waals surface area contributed by atoms with E-state index in [0.29, 0.717) is 37.7 Å². The van der Waals surface area contributed by atoms with Crippen LogP contribution in [0.3, 0.4) is 0 Å². The van der Waals surface area contributed by atoms with Crippen molar-refractivity contribution in [3.8, 4) is 11.1 Å². The lowest BCUT2D eigenvalue weighted by molar-refractivity contribution is -0.122. The zero-order valence-corrected chi connectivity index (χ0v) is 20.5. The summed E-state index contributed by atoms with van der Waals surface area (Å²) in [6.07, 6.45) is 0. The van der Waals surface area contributed by atoms with Gasteiger partial charge in [0.2, 0.25) is 15.9 Å². The first-order valence-electron chi connectivity index (χ1n) is 11.3. The molecule has 0 bridgehead atoms. The minimum Gasteiger partial charge on any atom is -0.379 e. The summed E-state index contributed by atoms with van der Waals surface area (Å²) in [7, 11) is -3.69. The van der Waals surface area contributed by atoms with E-state index in [4.69, 9.17) is 4.74 Å². The van der Waals surface area contributed by atoms with Gasteiger partial charge >= 0.3 is 0 Å². The molecule has 180 valence electrons. The number of sulfonamides is 1. The standard InChI is InChI=1S/C25H30N4O4S/c1-18(21-9-11-23(12-10-21)22-7-5-4-6-8-22)26-24(30)17-29-20(3)25(19(2)27-29)34(31,32)28-13-15-33-16-14-28/h4-12,18H,13-17H2,1-3H3,(H,26,30)/t18-/m0/s1. The molecule has 1 amide bonds. The number of ether oxygens (including phenoxy) is 1. The highest BCUT2D eigenvalue weighted by atomic mass is 32.2. The minimum atomic E-state index is -3.69. The first-order valence-corrected chi connectivity index (χ1v) is 12.8. The fourth-order valence-corrected chi connectivity index (χ4v) is 6.01. The summed E-state index contributed by atoms with van der Waals surface area (Å²) in [5.41, 5.74) is 4.08. The minimum absolute atomic E-state index is 0.0578. The molecule has 1 atom stereocenters. The molecule has 1 aliphatic heterocycles. The third-order valence-electron chi connectivity index (χ3n) is 6.07. The predicted molar refractivity (Wildman–Crippen MR) is 130 cm³/mol.